The Bertz CT molecular complexity index is 1490. The van der Waals surface area contributed by atoms with Crippen LogP contribution < -0.4 is 5.73 Å². The Morgan fingerprint density at radius 3 is 2.69 bits per heavy atom. The molecule has 5 rings (SSSR count). The first-order valence-corrected chi connectivity index (χ1v) is 10.1. The first-order valence-electron chi connectivity index (χ1n) is 10.1. The SMILES string of the molecule is [C-]#[N+]c1c(-c2c(-c3ccc4c(c3)C(CN)=NCC4=O)c(F)nn2C)ccc2ccccc12. The first-order chi connectivity index (χ1) is 15.5. The molecule has 1 aliphatic rings. The molecule has 0 bridgehead atoms. The van der Waals surface area contributed by atoms with E-state index in [2.05, 4.69) is 14.9 Å². The maximum absolute atomic E-state index is 15.1. The molecule has 0 saturated carbocycles. The third-order valence-corrected chi connectivity index (χ3v) is 5.80. The van der Waals surface area contributed by atoms with Crippen LogP contribution >= 0.6 is 0 Å². The summed E-state index contributed by atoms with van der Waals surface area (Å²) >= 11 is 0. The lowest BCUT2D eigenvalue weighted by Gasteiger charge is -2.17. The molecule has 1 aromatic heterocycles. The van der Waals surface area contributed by atoms with Crippen LogP contribution in [-0.4, -0.2) is 34.4 Å². The summed E-state index contributed by atoms with van der Waals surface area (Å²) in [6.45, 7) is 8.05. The van der Waals surface area contributed by atoms with E-state index in [9.17, 15) is 4.79 Å². The number of nitrogens with zero attached hydrogens (tertiary/aromatic N) is 4. The number of benzene rings is 3. The van der Waals surface area contributed by atoms with Crippen LogP contribution in [0.4, 0.5) is 10.1 Å². The van der Waals surface area contributed by atoms with Gasteiger partial charge in [-0.2, -0.15) is 4.39 Å². The van der Waals surface area contributed by atoms with Crippen molar-refractivity contribution in [3.8, 4) is 22.4 Å². The molecule has 4 aromatic rings. The summed E-state index contributed by atoms with van der Waals surface area (Å²) in [4.78, 5) is 20.3. The fourth-order valence-corrected chi connectivity index (χ4v) is 4.32. The molecule has 156 valence electrons. The molecule has 7 heteroatoms. The molecule has 0 aliphatic carbocycles. The monoisotopic (exact) mass is 423 g/mol. The van der Waals surface area contributed by atoms with E-state index in [0.29, 0.717) is 39.3 Å². The lowest BCUT2D eigenvalue weighted by molar-refractivity contribution is 0.1000. The van der Waals surface area contributed by atoms with E-state index in [1.165, 1.54) is 4.68 Å². The minimum atomic E-state index is -0.653. The molecule has 0 fully saturated rings. The van der Waals surface area contributed by atoms with E-state index in [0.717, 1.165) is 10.8 Å². The average molecular weight is 423 g/mol. The van der Waals surface area contributed by atoms with Crippen LogP contribution in [0, 0.1) is 12.5 Å². The zero-order valence-electron chi connectivity index (χ0n) is 17.3. The van der Waals surface area contributed by atoms with Crippen molar-refractivity contribution in [3.63, 3.8) is 0 Å². The molecule has 32 heavy (non-hydrogen) atoms. The summed E-state index contributed by atoms with van der Waals surface area (Å²) in [5, 5.41) is 5.74. The van der Waals surface area contributed by atoms with Crippen molar-refractivity contribution in [1.29, 1.82) is 0 Å². The Morgan fingerprint density at radius 1 is 1.12 bits per heavy atom. The highest BCUT2D eigenvalue weighted by Gasteiger charge is 2.25. The van der Waals surface area contributed by atoms with Crippen molar-refractivity contribution >= 4 is 28.0 Å². The quantitative estimate of drug-likeness (QED) is 0.492. The molecule has 0 radical (unpaired) electrons. The molecular formula is C25H18FN5O. The Labute approximate surface area is 183 Å². The van der Waals surface area contributed by atoms with Crippen LogP contribution in [0.25, 0.3) is 38.0 Å². The number of hydrogen-bond donors (Lipinski definition) is 1. The number of aromatic nitrogens is 2. The summed E-state index contributed by atoms with van der Waals surface area (Å²) in [6, 6.07) is 16.5. The minimum Gasteiger partial charge on any atom is -0.325 e. The molecular weight excluding hydrogens is 405 g/mol. The van der Waals surface area contributed by atoms with Crippen LogP contribution in [-0.2, 0) is 7.05 Å². The van der Waals surface area contributed by atoms with Crippen molar-refractivity contribution in [1.82, 2.24) is 9.78 Å². The van der Waals surface area contributed by atoms with Crippen molar-refractivity contribution in [2.45, 2.75) is 0 Å². The van der Waals surface area contributed by atoms with Gasteiger partial charge in [0.05, 0.1) is 23.5 Å². The second-order valence-electron chi connectivity index (χ2n) is 7.58. The van der Waals surface area contributed by atoms with Crippen LogP contribution in [0.1, 0.15) is 15.9 Å². The fourth-order valence-electron chi connectivity index (χ4n) is 4.32. The number of rotatable bonds is 3. The molecule has 0 atom stereocenters. The van der Waals surface area contributed by atoms with E-state index >= 15 is 4.39 Å². The lowest BCUT2D eigenvalue weighted by atomic mass is 9.91. The van der Waals surface area contributed by atoms with Gasteiger partial charge in [0, 0.05) is 30.3 Å². The zero-order valence-corrected chi connectivity index (χ0v) is 17.3. The van der Waals surface area contributed by atoms with Gasteiger partial charge >= 0.3 is 0 Å². The summed E-state index contributed by atoms with van der Waals surface area (Å²) in [6.07, 6.45) is 0. The minimum absolute atomic E-state index is 0.0663. The Hall–Kier alpha value is -4.15. The molecule has 0 saturated heterocycles. The van der Waals surface area contributed by atoms with Gasteiger partial charge in [0.2, 0.25) is 11.6 Å². The van der Waals surface area contributed by atoms with E-state index in [1.807, 2.05) is 36.4 Å². The highest BCUT2D eigenvalue weighted by Crippen LogP contribution is 2.42. The van der Waals surface area contributed by atoms with Crippen LogP contribution in [0.5, 0.6) is 0 Å². The smallest absolute Gasteiger partial charge is 0.241 e. The highest BCUT2D eigenvalue weighted by molar-refractivity contribution is 6.16. The van der Waals surface area contributed by atoms with Gasteiger partial charge in [0.25, 0.3) is 0 Å². The molecule has 2 heterocycles. The first kappa shape index (κ1) is 19.8. The highest BCUT2D eigenvalue weighted by atomic mass is 19.1. The van der Waals surface area contributed by atoms with Crippen molar-refractivity contribution in [2.24, 2.45) is 17.8 Å². The predicted octanol–water partition coefficient (Wildman–Crippen LogP) is 4.54. The van der Waals surface area contributed by atoms with Gasteiger partial charge in [-0.15, -0.1) is 5.10 Å². The number of carbonyl (C=O) groups is 1. The van der Waals surface area contributed by atoms with Gasteiger partial charge in [-0.25, -0.2) is 4.85 Å². The number of hydrogen-bond acceptors (Lipinski definition) is 4. The number of nitrogens with two attached hydrogens (primary N) is 1. The summed E-state index contributed by atoms with van der Waals surface area (Å²) in [5.74, 6) is -0.750. The van der Waals surface area contributed by atoms with E-state index in [-0.39, 0.29) is 24.4 Å². The van der Waals surface area contributed by atoms with Crippen molar-refractivity contribution in [3.05, 3.63) is 83.1 Å². The van der Waals surface area contributed by atoms with Gasteiger partial charge in [-0.05, 0) is 22.4 Å². The summed E-state index contributed by atoms with van der Waals surface area (Å²) < 4.78 is 16.6. The third kappa shape index (κ3) is 2.93. The van der Waals surface area contributed by atoms with E-state index in [4.69, 9.17) is 12.3 Å². The maximum atomic E-state index is 15.1. The third-order valence-electron chi connectivity index (χ3n) is 5.80. The van der Waals surface area contributed by atoms with Crippen molar-refractivity contribution in [2.75, 3.05) is 13.1 Å². The largest absolute Gasteiger partial charge is 0.325 e. The van der Waals surface area contributed by atoms with Crippen LogP contribution in [0.15, 0.2) is 59.6 Å². The van der Waals surface area contributed by atoms with E-state index < -0.39 is 5.95 Å². The topological polar surface area (TPSA) is 77.6 Å². The Kier molecular flexibility index (Phi) is 4.65. The standard InChI is InChI=1S/C25H18FN5O/c1-28-23-16-6-4-3-5-14(16)7-10-18(23)24-22(25(26)30-31(24)2)15-8-9-17-19(11-15)20(12-27)29-13-21(17)32/h3-11H,12-13,27H2,2H3. The molecule has 2 N–H and O–H groups in total. The zero-order chi connectivity index (χ0) is 22.4. The molecule has 3 aromatic carbocycles. The van der Waals surface area contributed by atoms with E-state index in [1.54, 1.807) is 25.2 Å². The number of carbonyl (C=O) groups excluding carboxylic acids is 1. The lowest BCUT2D eigenvalue weighted by Crippen LogP contribution is -2.25. The molecule has 0 amide bonds. The van der Waals surface area contributed by atoms with Gasteiger partial charge in [-0.1, -0.05) is 48.5 Å². The number of ketones is 1. The molecule has 6 nitrogen and oxygen atoms in total. The number of Topliss-reactive ketones (excluding diaryl/α,β-unsaturated/α-hetero) is 1. The predicted molar refractivity (Wildman–Crippen MR) is 123 cm³/mol. The fraction of sp³-hybridized carbons (Fsp3) is 0.120. The van der Waals surface area contributed by atoms with Gasteiger partial charge in [0.15, 0.2) is 5.78 Å². The molecule has 0 spiro atoms. The van der Waals surface area contributed by atoms with Gasteiger partial charge in [-0.3, -0.25) is 14.5 Å². The summed E-state index contributed by atoms with van der Waals surface area (Å²) in [7, 11) is 1.65. The number of fused-ring (bicyclic) bond motifs is 2. The Balaban J connectivity index is 1.78. The second-order valence-corrected chi connectivity index (χ2v) is 7.58. The number of aliphatic imine (C=N–C) groups is 1. The van der Waals surface area contributed by atoms with Crippen molar-refractivity contribution < 1.29 is 9.18 Å². The van der Waals surface area contributed by atoms with Gasteiger partial charge < -0.3 is 5.73 Å². The van der Waals surface area contributed by atoms with Crippen LogP contribution in [0.2, 0.25) is 0 Å². The number of aryl methyl sites for hydroxylation is 1. The summed E-state index contributed by atoms with van der Waals surface area (Å²) in [5.41, 5.74) is 9.92. The second kappa shape index (κ2) is 7.52. The normalized spacial score (nSPS) is 13.1. The average Bonchev–Trinajstić information content (AvgIpc) is 3.11. The van der Waals surface area contributed by atoms with Crippen LogP contribution in [0.3, 0.4) is 0 Å². The number of halogens is 1. The molecule has 1 aliphatic heterocycles. The maximum Gasteiger partial charge on any atom is 0.241 e. The molecule has 0 unspecified atom stereocenters. The van der Waals surface area contributed by atoms with Gasteiger partial charge in [0.1, 0.15) is 6.54 Å². The Morgan fingerprint density at radius 2 is 1.91 bits per heavy atom.